The van der Waals surface area contributed by atoms with E-state index in [9.17, 15) is 9.59 Å². The summed E-state index contributed by atoms with van der Waals surface area (Å²) < 4.78 is 16.6. The van der Waals surface area contributed by atoms with Crippen LogP contribution in [0.15, 0.2) is 47.1 Å². The molecule has 1 aromatic heterocycles. The molecule has 2 amide bonds. The summed E-state index contributed by atoms with van der Waals surface area (Å²) in [6, 6.07) is 10.3. The van der Waals surface area contributed by atoms with Crippen LogP contribution in [-0.2, 0) is 9.53 Å². The van der Waals surface area contributed by atoms with Gasteiger partial charge in [-0.3, -0.25) is 4.79 Å². The molecule has 1 fully saturated rings. The number of nitrogens with zero attached hydrogens (tertiary/aromatic N) is 2. The van der Waals surface area contributed by atoms with E-state index >= 15 is 0 Å². The molecule has 1 aliphatic rings. The van der Waals surface area contributed by atoms with Crippen molar-refractivity contribution in [2.24, 2.45) is 0 Å². The quantitative estimate of drug-likeness (QED) is 0.459. The molecule has 1 aliphatic heterocycles. The van der Waals surface area contributed by atoms with Crippen molar-refractivity contribution < 1.29 is 23.5 Å². The molecule has 7 heteroatoms. The molecule has 2 aromatic carbocycles. The second kappa shape index (κ2) is 10.3. The SMILES string of the molecule is CCOC(=O)N1CCN(C(=O)/C=C(\C)c2cc3c(-c4ccc(C)cc4C)coc3cc2OC)CC1. The van der Waals surface area contributed by atoms with Crippen LogP contribution < -0.4 is 4.74 Å². The van der Waals surface area contributed by atoms with Crippen LogP contribution in [0.4, 0.5) is 4.79 Å². The van der Waals surface area contributed by atoms with Gasteiger partial charge in [-0.05, 0) is 50.5 Å². The largest absolute Gasteiger partial charge is 0.496 e. The van der Waals surface area contributed by atoms with E-state index in [0.717, 1.165) is 33.2 Å². The zero-order chi connectivity index (χ0) is 25.1. The minimum atomic E-state index is -0.330. The number of rotatable bonds is 5. The average molecular weight is 477 g/mol. The minimum Gasteiger partial charge on any atom is -0.496 e. The molecular formula is C28H32N2O5. The van der Waals surface area contributed by atoms with Crippen molar-refractivity contribution >= 4 is 28.5 Å². The molecular weight excluding hydrogens is 444 g/mol. The highest BCUT2D eigenvalue weighted by Crippen LogP contribution is 2.38. The standard InChI is InChI=1S/C28H32N2O5/c1-6-34-28(32)30-11-9-29(10-12-30)27(31)14-20(4)22-15-23-24(17-35-26(23)16-25(22)33-5)21-8-7-18(2)13-19(21)3/h7-8,13-17H,6,9-12H2,1-5H3/b20-14+. The number of benzene rings is 2. The first-order chi connectivity index (χ1) is 16.8. The summed E-state index contributed by atoms with van der Waals surface area (Å²) in [4.78, 5) is 28.3. The van der Waals surface area contributed by atoms with Crippen molar-refractivity contribution in [3.05, 3.63) is 59.4 Å². The third-order valence-electron chi connectivity index (χ3n) is 6.45. The van der Waals surface area contributed by atoms with Gasteiger partial charge in [0.15, 0.2) is 0 Å². The fraction of sp³-hybridized carbons (Fsp3) is 0.357. The van der Waals surface area contributed by atoms with Crippen LogP contribution >= 0.6 is 0 Å². The van der Waals surface area contributed by atoms with E-state index in [1.807, 2.05) is 19.1 Å². The Balaban J connectivity index is 1.61. The van der Waals surface area contributed by atoms with E-state index in [4.69, 9.17) is 13.9 Å². The predicted molar refractivity (Wildman–Crippen MR) is 137 cm³/mol. The van der Waals surface area contributed by atoms with Crippen molar-refractivity contribution in [1.29, 1.82) is 0 Å². The Morgan fingerprint density at radius 1 is 1.03 bits per heavy atom. The van der Waals surface area contributed by atoms with Gasteiger partial charge in [-0.15, -0.1) is 0 Å². The van der Waals surface area contributed by atoms with Gasteiger partial charge in [0.25, 0.3) is 0 Å². The van der Waals surface area contributed by atoms with Crippen molar-refractivity contribution in [1.82, 2.24) is 9.80 Å². The monoisotopic (exact) mass is 476 g/mol. The maximum absolute atomic E-state index is 13.0. The Kier molecular flexibility index (Phi) is 7.15. The number of allylic oxidation sites excluding steroid dienone is 1. The number of methoxy groups -OCH3 is 1. The number of fused-ring (bicyclic) bond motifs is 1. The normalized spacial score (nSPS) is 14.4. The fourth-order valence-corrected chi connectivity index (χ4v) is 4.53. The molecule has 35 heavy (non-hydrogen) atoms. The number of aryl methyl sites for hydroxylation is 2. The lowest BCUT2D eigenvalue weighted by molar-refractivity contribution is -0.127. The highest BCUT2D eigenvalue weighted by molar-refractivity contribution is 6.00. The van der Waals surface area contributed by atoms with E-state index in [2.05, 4.69) is 32.0 Å². The van der Waals surface area contributed by atoms with Crippen molar-refractivity contribution in [3.63, 3.8) is 0 Å². The molecule has 0 unspecified atom stereocenters. The highest BCUT2D eigenvalue weighted by atomic mass is 16.6. The molecule has 4 rings (SSSR count). The zero-order valence-electron chi connectivity index (χ0n) is 21.0. The van der Waals surface area contributed by atoms with E-state index < -0.39 is 0 Å². The molecule has 7 nitrogen and oxygen atoms in total. The summed E-state index contributed by atoms with van der Waals surface area (Å²) in [5, 5.41) is 0.969. The van der Waals surface area contributed by atoms with Gasteiger partial charge in [0.1, 0.15) is 11.3 Å². The van der Waals surface area contributed by atoms with E-state index in [-0.39, 0.29) is 12.0 Å². The van der Waals surface area contributed by atoms with Crippen LogP contribution in [0.2, 0.25) is 0 Å². The van der Waals surface area contributed by atoms with Crippen LogP contribution in [0.5, 0.6) is 5.75 Å². The van der Waals surface area contributed by atoms with Gasteiger partial charge in [-0.25, -0.2) is 4.79 Å². The molecule has 0 saturated carbocycles. The summed E-state index contributed by atoms with van der Waals surface area (Å²) >= 11 is 0. The average Bonchev–Trinajstić information content (AvgIpc) is 3.26. The number of hydrogen-bond acceptors (Lipinski definition) is 5. The van der Waals surface area contributed by atoms with Gasteiger partial charge in [0, 0.05) is 54.8 Å². The molecule has 184 valence electrons. The zero-order valence-corrected chi connectivity index (χ0v) is 21.0. The number of furan rings is 1. The summed E-state index contributed by atoms with van der Waals surface area (Å²) in [5.41, 5.74) is 6.88. The van der Waals surface area contributed by atoms with Crippen molar-refractivity contribution in [2.45, 2.75) is 27.7 Å². The van der Waals surface area contributed by atoms with Crippen LogP contribution in [0.1, 0.15) is 30.5 Å². The molecule has 0 bridgehead atoms. The summed E-state index contributed by atoms with van der Waals surface area (Å²) in [7, 11) is 1.61. The first-order valence-electron chi connectivity index (χ1n) is 11.9. The van der Waals surface area contributed by atoms with Gasteiger partial charge < -0.3 is 23.7 Å². The van der Waals surface area contributed by atoms with Crippen molar-refractivity contribution in [3.8, 4) is 16.9 Å². The van der Waals surface area contributed by atoms with E-state index in [1.165, 1.54) is 11.1 Å². The number of hydrogen-bond donors (Lipinski definition) is 0. The van der Waals surface area contributed by atoms with E-state index in [1.54, 1.807) is 36.2 Å². The van der Waals surface area contributed by atoms with Gasteiger partial charge in [-0.1, -0.05) is 23.8 Å². The predicted octanol–water partition coefficient (Wildman–Crippen LogP) is 5.43. The lowest BCUT2D eigenvalue weighted by Gasteiger charge is -2.33. The summed E-state index contributed by atoms with van der Waals surface area (Å²) in [6.07, 6.45) is 3.09. The van der Waals surface area contributed by atoms with E-state index in [0.29, 0.717) is 38.5 Å². The first-order valence-corrected chi connectivity index (χ1v) is 11.9. The number of piperazine rings is 1. The Morgan fingerprint density at radius 2 is 1.74 bits per heavy atom. The number of carbonyl (C=O) groups excluding carboxylic acids is 2. The molecule has 1 saturated heterocycles. The van der Waals surface area contributed by atoms with Gasteiger partial charge in [0.05, 0.1) is 20.0 Å². The van der Waals surface area contributed by atoms with Gasteiger partial charge in [0.2, 0.25) is 5.91 Å². The topological polar surface area (TPSA) is 72.2 Å². The molecule has 0 aliphatic carbocycles. The van der Waals surface area contributed by atoms with Gasteiger partial charge >= 0.3 is 6.09 Å². The minimum absolute atomic E-state index is 0.0880. The Hall–Kier alpha value is -3.74. The van der Waals surface area contributed by atoms with Crippen LogP contribution in [0, 0.1) is 13.8 Å². The lowest BCUT2D eigenvalue weighted by atomic mass is 9.96. The molecule has 0 atom stereocenters. The molecule has 0 radical (unpaired) electrons. The van der Waals surface area contributed by atoms with Crippen LogP contribution in [0.3, 0.4) is 0 Å². The van der Waals surface area contributed by atoms with Crippen molar-refractivity contribution in [2.75, 3.05) is 39.9 Å². The second-order valence-corrected chi connectivity index (χ2v) is 8.86. The Morgan fingerprint density at radius 3 is 2.40 bits per heavy atom. The highest BCUT2D eigenvalue weighted by Gasteiger charge is 2.24. The third-order valence-corrected chi connectivity index (χ3v) is 6.45. The molecule has 3 aromatic rings. The summed E-state index contributed by atoms with van der Waals surface area (Å²) in [5.74, 6) is 0.558. The number of ether oxygens (including phenoxy) is 2. The smallest absolute Gasteiger partial charge is 0.409 e. The summed E-state index contributed by atoms with van der Waals surface area (Å²) in [6.45, 7) is 10.1. The molecule has 0 spiro atoms. The fourth-order valence-electron chi connectivity index (χ4n) is 4.53. The Bertz CT molecular complexity index is 1280. The number of carbonyl (C=O) groups is 2. The number of amides is 2. The molecule has 2 heterocycles. The lowest BCUT2D eigenvalue weighted by Crippen LogP contribution is -2.50. The van der Waals surface area contributed by atoms with Crippen LogP contribution in [0.25, 0.3) is 27.7 Å². The van der Waals surface area contributed by atoms with Gasteiger partial charge in [-0.2, -0.15) is 0 Å². The third kappa shape index (κ3) is 5.04. The maximum atomic E-state index is 13.0. The first kappa shape index (κ1) is 24.4. The second-order valence-electron chi connectivity index (χ2n) is 8.86. The van der Waals surface area contributed by atoms with Crippen LogP contribution in [-0.4, -0.2) is 61.7 Å². The maximum Gasteiger partial charge on any atom is 0.409 e. The Labute approximate surface area is 205 Å². The molecule has 0 N–H and O–H groups in total.